The standard InChI is InChI=1S/C14H14N2O4/c1-19-12-5-4-10-3-2-9(7-16-15)6-11(10)14(12)20-8-13(17)18/h2-7H,8,15H2,1H3,(H,17,18)/b16-7-. The number of aliphatic carboxylic acids is 1. The van der Waals surface area contributed by atoms with Crippen molar-refractivity contribution in [3.63, 3.8) is 0 Å². The third-order valence-electron chi connectivity index (χ3n) is 2.74. The Balaban J connectivity index is 2.57. The van der Waals surface area contributed by atoms with Gasteiger partial charge in [0.15, 0.2) is 18.1 Å². The Kier molecular flexibility index (Phi) is 4.05. The summed E-state index contributed by atoms with van der Waals surface area (Å²) in [7, 11) is 1.50. The first-order chi connectivity index (χ1) is 9.65. The molecule has 2 aromatic rings. The summed E-state index contributed by atoms with van der Waals surface area (Å²) in [5.41, 5.74) is 0.786. The highest BCUT2D eigenvalue weighted by Gasteiger charge is 2.11. The molecule has 6 nitrogen and oxygen atoms in total. The van der Waals surface area contributed by atoms with Gasteiger partial charge in [-0.25, -0.2) is 4.79 Å². The van der Waals surface area contributed by atoms with Gasteiger partial charge in [0.2, 0.25) is 0 Å². The van der Waals surface area contributed by atoms with Gasteiger partial charge in [-0.3, -0.25) is 0 Å². The number of benzene rings is 2. The van der Waals surface area contributed by atoms with Crippen molar-refractivity contribution in [2.24, 2.45) is 10.9 Å². The molecule has 0 aliphatic rings. The van der Waals surface area contributed by atoms with Crippen molar-refractivity contribution in [2.45, 2.75) is 0 Å². The lowest BCUT2D eigenvalue weighted by atomic mass is 10.1. The number of carbonyl (C=O) groups is 1. The molecule has 6 heteroatoms. The normalized spacial score (nSPS) is 10.8. The van der Waals surface area contributed by atoms with E-state index in [2.05, 4.69) is 5.10 Å². The lowest BCUT2D eigenvalue weighted by molar-refractivity contribution is -0.139. The van der Waals surface area contributed by atoms with E-state index in [1.165, 1.54) is 13.3 Å². The summed E-state index contributed by atoms with van der Waals surface area (Å²) in [6.45, 7) is -0.440. The van der Waals surface area contributed by atoms with Crippen LogP contribution in [0.25, 0.3) is 10.8 Å². The van der Waals surface area contributed by atoms with Crippen LogP contribution in [0.5, 0.6) is 11.5 Å². The van der Waals surface area contributed by atoms with Crippen LogP contribution in [0, 0.1) is 0 Å². The Morgan fingerprint density at radius 3 is 2.80 bits per heavy atom. The molecule has 0 saturated carbocycles. The smallest absolute Gasteiger partial charge is 0.341 e. The molecule has 0 atom stereocenters. The number of carboxylic acids is 1. The molecule has 2 aromatic carbocycles. The van der Waals surface area contributed by atoms with E-state index in [9.17, 15) is 4.79 Å². The second-order valence-electron chi connectivity index (χ2n) is 4.04. The molecule has 0 radical (unpaired) electrons. The van der Waals surface area contributed by atoms with E-state index in [0.717, 1.165) is 16.3 Å². The van der Waals surface area contributed by atoms with Crippen LogP contribution >= 0.6 is 0 Å². The number of methoxy groups -OCH3 is 1. The summed E-state index contributed by atoms with van der Waals surface area (Å²) in [5.74, 6) is 4.94. The van der Waals surface area contributed by atoms with Gasteiger partial charge in [-0.2, -0.15) is 5.10 Å². The molecule has 0 spiro atoms. The first-order valence-corrected chi connectivity index (χ1v) is 5.84. The summed E-state index contributed by atoms with van der Waals surface area (Å²) in [6.07, 6.45) is 1.50. The lowest BCUT2D eigenvalue weighted by Gasteiger charge is -2.12. The molecule has 20 heavy (non-hydrogen) atoms. The maximum atomic E-state index is 10.7. The highest BCUT2D eigenvalue weighted by atomic mass is 16.5. The van der Waals surface area contributed by atoms with Crippen molar-refractivity contribution in [1.29, 1.82) is 0 Å². The van der Waals surface area contributed by atoms with Gasteiger partial charge in [0.05, 0.1) is 13.3 Å². The van der Waals surface area contributed by atoms with Crippen LogP contribution in [0.2, 0.25) is 0 Å². The molecule has 0 bridgehead atoms. The summed E-state index contributed by atoms with van der Waals surface area (Å²) in [4.78, 5) is 10.7. The first-order valence-electron chi connectivity index (χ1n) is 5.84. The zero-order chi connectivity index (χ0) is 14.5. The van der Waals surface area contributed by atoms with Crippen LogP contribution in [-0.4, -0.2) is 31.0 Å². The number of hydrazone groups is 1. The molecule has 0 saturated heterocycles. The molecular formula is C14H14N2O4. The molecule has 0 aliphatic carbocycles. The highest BCUT2D eigenvalue weighted by Crippen LogP contribution is 2.35. The van der Waals surface area contributed by atoms with E-state index in [4.69, 9.17) is 20.4 Å². The molecular weight excluding hydrogens is 260 g/mol. The maximum absolute atomic E-state index is 10.7. The SMILES string of the molecule is COc1ccc2ccc(/C=N\N)cc2c1OCC(=O)O. The summed E-state index contributed by atoms with van der Waals surface area (Å²) in [6, 6.07) is 9.14. The van der Waals surface area contributed by atoms with Gasteiger partial charge in [0, 0.05) is 5.39 Å². The quantitative estimate of drug-likeness (QED) is 0.490. The lowest BCUT2D eigenvalue weighted by Crippen LogP contribution is -2.10. The number of carboxylic acid groups (broad SMARTS) is 1. The minimum absolute atomic E-state index is 0.389. The molecule has 104 valence electrons. The largest absolute Gasteiger partial charge is 0.493 e. The Labute approximate surface area is 115 Å². The molecule has 0 aliphatic heterocycles. The number of nitrogens with zero attached hydrogens (tertiary/aromatic N) is 1. The van der Waals surface area contributed by atoms with Crippen molar-refractivity contribution in [1.82, 2.24) is 0 Å². The molecule has 0 amide bonds. The number of ether oxygens (including phenoxy) is 2. The zero-order valence-corrected chi connectivity index (χ0v) is 10.9. The van der Waals surface area contributed by atoms with Gasteiger partial charge in [-0.1, -0.05) is 18.2 Å². The fourth-order valence-electron chi connectivity index (χ4n) is 1.90. The van der Waals surface area contributed by atoms with Crippen LogP contribution in [0.15, 0.2) is 35.4 Å². The number of fused-ring (bicyclic) bond motifs is 1. The molecule has 2 rings (SSSR count). The number of rotatable bonds is 5. The predicted molar refractivity (Wildman–Crippen MR) is 75.4 cm³/mol. The minimum atomic E-state index is -1.05. The van der Waals surface area contributed by atoms with Crippen molar-refractivity contribution < 1.29 is 19.4 Å². The average Bonchev–Trinajstić information content (AvgIpc) is 2.44. The molecule has 0 heterocycles. The van der Waals surface area contributed by atoms with E-state index in [-0.39, 0.29) is 0 Å². The van der Waals surface area contributed by atoms with Crippen molar-refractivity contribution in [3.05, 3.63) is 35.9 Å². The van der Waals surface area contributed by atoms with Crippen molar-refractivity contribution in [2.75, 3.05) is 13.7 Å². The summed E-state index contributed by atoms with van der Waals surface area (Å²) >= 11 is 0. The van der Waals surface area contributed by atoms with E-state index in [0.29, 0.717) is 11.5 Å². The highest BCUT2D eigenvalue weighted by molar-refractivity contribution is 5.95. The molecule has 0 fully saturated rings. The number of hydrogen-bond donors (Lipinski definition) is 2. The van der Waals surface area contributed by atoms with Crippen LogP contribution in [0.1, 0.15) is 5.56 Å². The van der Waals surface area contributed by atoms with Gasteiger partial charge < -0.3 is 20.4 Å². The first kappa shape index (κ1) is 13.7. The fraction of sp³-hybridized carbons (Fsp3) is 0.143. The van der Waals surface area contributed by atoms with Crippen LogP contribution < -0.4 is 15.3 Å². The third kappa shape index (κ3) is 2.80. The molecule has 0 unspecified atom stereocenters. The minimum Gasteiger partial charge on any atom is -0.493 e. The van der Waals surface area contributed by atoms with E-state index >= 15 is 0 Å². The van der Waals surface area contributed by atoms with E-state index in [1.807, 2.05) is 24.3 Å². The predicted octanol–water partition coefficient (Wildman–Crippen LogP) is 1.60. The summed E-state index contributed by atoms with van der Waals surface area (Å²) in [5, 5.41) is 13.9. The second-order valence-corrected chi connectivity index (χ2v) is 4.04. The van der Waals surface area contributed by atoms with E-state index < -0.39 is 12.6 Å². The van der Waals surface area contributed by atoms with Crippen LogP contribution in [0.4, 0.5) is 0 Å². The van der Waals surface area contributed by atoms with Gasteiger partial charge in [-0.15, -0.1) is 0 Å². The Morgan fingerprint density at radius 2 is 2.15 bits per heavy atom. The fourth-order valence-corrected chi connectivity index (χ4v) is 1.90. The van der Waals surface area contributed by atoms with Gasteiger partial charge in [0.1, 0.15) is 0 Å². The maximum Gasteiger partial charge on any atom is 0.341 e. The average molecular weight is 274 g/mol. The molecule has 3 N–H and O–H groups in total. The number of nitrogens with two attached hydrogens (primary N) is 1. The third-order valence-corrected chi connectivity index (χ3v) is 2.74. The van der Waals surface area contributed by atoms with E-state index in [1.54, 1.807) is 6.07 Å². The zero-order valence-electron chi connectivity index (χ0n) is 10.9. The van der Waals surface area contributed by atoms with Gasteiger partial charge in [0.25, 0.3) is 0 Å². The Morgan fingerprint density at radius 1 is 1.40 bits per heavy atom. The number of hydrogen-bond acceptors (Lipinski definition) is 5. The monoisotopic (exact) mass is 274 g/mol. The Hall–Kier alpha value is -2.76. The Bertz CT molecular complexity index is 668. The topological polar surface area (TPSA) is 94.1 Å². The van der Waals surface area contributed by atoms with Crippen molar-refractivity contribution >= 4 is 23.0 Å². The van der Waals surface area contributed by atoms with Crippen LogP contribution in [0.3, 0.4) is 0 Å². The van der Waals surface area contributed by atoms with Crippen LogP contribution in [-0.2, 0) is 4.79 Å². The summed E-state index contributed by atoms with van der Waals surface area (Å²) < 4.78 is 10.5. The second kappa shape index (κ2) is 5.92. The molecule has 0 aromatic heterocycles. The van der Waals surface area contributed by atoms with Gasteiger partial charge in [-0.05, 0) is 23.1 Å². The van der Waals surface area contributed by atoms with Crippen molar-refractivity contribution in [3.8, 4) is 11.5 Å². The van der Waals surface area contributed by atoms with Gasteiger partial charge >= 0.3 is 5.97 Å².